The number of aryl methyl sites for hydroxylation is 1. The van der Waals surface area contributed by atoms with Gasteiger partial charge in [-0.15, -0.1) is 11.3 Å². The van der Waals surface area contributed by atoms with Crippen molar-refractivity contribution in [3.05, 3.63) is 51.7 Å². The predicted octanol–water partition coefficient (Wildman–Crippen LogP) is 2.22. The maximum atomic E-state index is 12.3. The van der Waals surface area contributed by atoms with Crippen LogP contribution in [-0.2, 0) is 22.4 Å². The summed E-state index contributed by atoms with van der Waals surface area (Å²) in [5.74, 6) is -0.0273. The molecule has 1 aliphatic carbocycles. The summed E-state index contributed by atoms with van der Waals surface area (Å²) >= 11 is 1.48. The molecular formula is C21H25N3O4S. The number of hydrogen-bond acceptors (Lipinski definition) is 5. The van der Waals surface area contributed by atoms with E-state index in [9.17, 15) is 14.4 Å². The SMILES string of the molecule is CC[C@H]1CCc2sc(C(=O)NNC(=O)CNC(=O)COc3ccccc3)cc2C1. The fourth-order valence-corrected chi connectivity index (χ4v) is 4.29. The van der Waals surface area contributed by atoms with Gasteiger partial charge in [-0.25, -0.2) is 0 Å². The Balaban J connectivity index is 1.37. The van der Waals surface area contributed by atoms with Crippen LogP contribution in [0.4, 0.5) is 0 Å². The van der Waals surface area contributed by atoms with Gasteiger partial charge in [-0.1, -0.05) is 31.5 Å². The molecule has 0 unspecified atom stereocenters. The Kier molecular flexibility index (Phi) is 7.24. The van der Waals surface area contributed by atoms with Gasteiger partial charge in [-0.2, -0.15) is 0 Å². The first-order valence-electron chi connectivity index (χ1n) is 9.70. The lowest BCUT2D eigenvalue weighted by Crippen LogP contribution is -2.46. The number of hydrazine groups is 1. The molecule has 2 aromatic rings. The summed E-state index contributed by atoms with van der Waals surface area (Å²) < 4.78 is 5.30. The number of amides is 3. The second-order valence-corrected chi connectivity index (χ2v) is 8.09. The van der Waals surface area contributed by atoms with Crippen molar-refractivity contribution in [3.63, 3.8) is 0 Å². The molecule has 3 amide bonds. The number of para-hydroxylation sites is 1. The van der Waals surface area contributed by atoms with Crippen LogP contribution in [0.3, 0.4) is 0 Å². The highest BCUT2D eigenvalue weighted by atomic mass is 32.1. The fraction of sp³-hybridized carbons (Fsp3) is 0.381. The van der Waals surface area contributed by atoms with E-state index in [0.29, 0.717) is 16.5 Å². The number of carbonyl (C=O) groups is 3. The number of thiophene rings is 1. The minimum absolute atomic E-state index is 0.191. The van der Waals surface area contributed by atoms with Crippen molar-refractivity contribution in [2.24, 2.45) is 5.92 Å². The zero-order chi connectivity index (χ0) is 20.6. The Morgan fingerprint density at radius 2 is 1.93 bits per heavy atom. The molecule has 1 aromatic carbocycles. The van der Waals surface area contributed by atoms with Gasteiger partial charge in [0.2, 0.25) is 0 Å². The molecule has 0 bridgehead atoms. The number of nitrogens with one attached hydrogen (secondary N) is 3. The number of benzene rings is 1. The van der Waals surface area contributed by atoms with E-state index in [1.54, 1.807) is 24.3 Å². The molecule has 0 saturated heterocycles. The van der Waals surface area contributed by atoms with Gasteiger partial charge >= 0.3 is 0 Å². The summed E-state index contributed by atoms with van der Waals surface area (Å²) in [5.41, 5.74) is 5.97. The van der Waals surface area contributed by atoms with E-state index in [-0.39, 0.29) is 19.1 Å². The van der Waals surface area contributed by atoms with Gasteiger partial charge in [0, 0.05) is 4.88 Å². The number of hydrogen-bond donors (Lipinski definition) is 3. The minimum Gasteiger partial charge on any atom is -0.484 e. The van der Waals surface area contributed by atoms with E-state index < -0.39 is 11.8 Å². The zero-order valence-corrected chi connectivity index (χ0v) is 17.1. The van der Waals surface area contributed by atoms with Crippen LogP contribution in [-0.4, -0.2) is 30.9 Å². The second kappa shape index (κ2) is 10.1. The quantitative estimate of drug-likeness (QED) is 0.604. The van der Waals surface area contributed by atoms with Crippen molar-refractivity contribution in [2.75, 3.05) is 13.2 Å². The van der Waals surface area contributed by atoms with Crippen molar-refractivity contribution < 1.29 is 19.1 Å². The van der Waals surface area contributed by atoms with Crippen LogP contribution in [0.15, 0.2) is 36.4 Å². The van der Waals surface area contributed by atoms with Crippen molar-refractivity contribution in [3.8, 4) is 5.75 Å². The molecule has 1 atom stereocenters. The molecule has 0 aliphatic heterocycles. The average Bonchev–Trinajstić information content (AvgIpc) is 3.18. The van der Waals surface area contributed by atoms with E-state index in [0.717, 1.165) is 25.7 Å². The first kappa shape index (κ1) is 20.9. The Bertz CT molecular complexity index is 866. The topological polar surface area (TPSA) is 96.5 Å². The van der Waals surface area contributed by atoms with E-state index in [1.807, 2.05) is 12.1 Å². The number of fused-ring (bicyclic) bond motifs is 1. The van der Waals surface area contributed by atoms with Gasteiger partial charge in [0.25, 0.3) is 17.7 Å². The molecule has 0 saturated carbocycles. The third kappa shape index (κ3) is 6.05. The van der Waals surface area contributed by atoms with Crippen LogP contribution in [0, 0.1) is 5.92 Å². The lowest BCUT2D eigenvalue weighted by Gasteiger charge is -2.19. The smallest absolute Gasteiger partial charge is 0.279 e. The maximum absolute atomic E-state index is 12.3. The van der Waals surface area contributed by atoms with Crippen LogP contribution < -0.4 is 20.9 Å². The first-order valence-corrected chi connectivity index (χ1v) is 10.5. The third-order valence-electron chi connectivity index (χ3n) is 4.86. The molecule has 1 aromatic heterocycles. The molecule has 154 valence electrons. The maximum Gasteiger partial charge on any atom is 0.279 e. The number of ether oxygens (including phenoxy) is 1. The molecule has 0 fully saturated rings. The fourth-order valence-electron chi connectivity index (χ4n) is 3.19. The van der Waals surface area contributed by atoms with E-state index in [1.165, 1.54) is 21.8 Å². The lowest BCUT2D eigenvalue weighted by atomic mass is 9.87. The van der Waals surface area contributed by atoms with Crippen LogP contribution in [0.25, 0.3) is 0 Å². The minimum atomic E-state index is -0.515. The summed E-state index contributed by atoms with van der Waals surface area (Å²) in [7, 11) is 0. The Hall–Kier alpha value is -2.87. The Labute approximate surface area is 173 Å². The van der Waals surface area contributed by atoms with Gasteiger partial charge in [0.05, 0.1) is 11.4 Å². The van der Waals surface area contributed by atoms with Crippen LogP contribution in [0.2, 0.25) is 0 Å². The van der Waals surface area contributed by atoms with Crippen LogP contribution >= 0.6 is 11.3 Å². The van der Waals surface area contributed by atoms with Crippen LogP contribution in [0.1, 0.15) is 39.9 Å². The van der Waals surface area contributed by atoms with Crippen molar-refractivity contribution in [1.82, 2.24) is 16.2 Å². The molecule has 0 spiro atoms. The van der Waals surface area contributed by atoms with Gasteiger partial charge in [-0.05, 0) is 48.9 Å². The van der Waals surface area contributed by atoms with Gasteiger partial charge in [0.15, 0.2) is 6.61 Å². The monoisotopic (exact) mass is 415 g/mol. The van der Waals surface area contributed by atoms with Gasteiger partial charge < -0.3 is 10.1 Å². The molecule has 8 heteroatoms. The van der Waals surface area contributed by atoms with Crippen LogP contribution in [0.5, 0.6) is 5.75 Å². The second-order valence-electron chi connectivity index (χ2n) is 6.96. The average molecular weight is 416 g/mol. The molecule has 3 N–H and O–H groups in total. The molecule has 3 rings (SSSR count). The Morgan fingerprint density at radius 1 is 1.14 bits per heavy atom. The zero-order valence-electron chi connectivity index (χ0n) is 16.3. The largest absolute Gasteiger partial charge is 0.484 e. The summed E-state index contributed by atoms with van der Waals surface area (Å²) in [6, 6.07) is 10.8. The van der Waals surface area contributed by atoms with Gasteiger partial charge in [0.1, 0.15) is 5.75 Å². The van der Waals surface area contributed by atoms with E-state index in [2.05, 4.69) is 23.1 Å². The van der Waals surface area contributed by atoms with Crippen molar-refractivity contribution >= 4 is 29.1 Å². The highest BCUT2D eigenvalue weighted by Gasteiger charge is 2.22. The number of carbonyl (C=O) groups excluding carboxylic acids is 3. The summed E-state index contributed by atoms with van der Waals surface area (Å²) in [4.78, 5) is 37.7. The molecule has 1 heterocycles. The molecule has 0 radical (unpaired) electrons. The highest BCUT2D eigenvalue weighted by molar-refractivity contribution is 7.14. The summed E-state index contributed by atoms with van der Waals surface area (Å²) in [5, 5.41) is 2.44. The normalized spacial score (nSPS) is 15.1. The van der Waals surface area contributed by atoms with Gasteiger partial charge in [-0.3, -0.25) is 25.2 Å². The molecule has 7 nitrogen and oxygen atoms in total. The molecule has 29 heavy (non-hydrogen) atoms. The standard InChI is InChI=1S/C21H25N3O4S/c1-2-14-8-9-17-15(10-14)11-18(29-17)21(27)24-23-19(25)12-22-20(26)13-28-16-6-4-3-5-7-16/h3-7,11,14H,2,8-10,12-13H2,1H3,(H,22,26)(H,23,25)(H,24,27)/t14-/m0/s1. The lowest BCUT2D eigenvalue weighted by molar-refractivity contribution is -0.127. The van der Waals surface area contributed by atoms with E-state index >= 15 is 0 Å². The van der Waals surface area contributed by atoms with E-state index in [4.69, 9.17) is 4.74 Å². The molecular weight excluding hydrogens is 390 g/mol. The van der Waals surface area contributed by atoms with Crippen molar-refractivity contribution in [1.29, 1.82) is 0 Å². The predicted molar refractivity (Wildman–Crippen MR) is 111 cm³/mol. The highest BCUT2D eigenvalue weighted by Crippen LogP contribution is 2.33. The third-order valence-corrected chi connectivity index (χ3v) is 6.10. The molecule has 1 aliphatic rings. The summed E-state index contributed by atoms with van der Waals surface area (Å²) in [6.45, 7) is 1.75. The Morgan fingerprint density at radius 3 is 2.69 bits per heavy atom. The van der Waals surface area contributed by atoms with Crippen molar-refractivity contribution in [2.45, 2.75) is 32.6 Å². The number of rotatable bonds is 7. The summed E-state index contributed by atoms with van der Waals surface area (Å²) in [6.07, 6.45) is 4.33. The first-order chi connectivity index (χ1) is 14.0.